The standard InChI is InChI=1S/C14H19FN2O3/c1-14(2,3)11(7-12(18)19)17-10-5-4-8(15)6-9(10)13(16)20/h4-6,11,17H,7H2,1-3H3,(H2,16,20)(H,18,19). The van der Waals surface area contributed by atoms with E-state index in [0.717, 1.165) is 6.07 Å². The molecule has 6 heteroatoms. The van der Waals surface area contributed by atoms with Gasteiger partial charge in [0.15, 0.2) is 0 Å². The maximum Gasteiger partial charge on any atom is 0.305 e. The molecule has 0 saturated carbocycles. The lowest BCUT2D eigenvalue weighted by Gasteiger charge is -2.31. The molecule has 1 atom stereocenters. The molecule has 0 bridgehead atoms. The van der Waals surface area contributed by atoms with E-state index >= 15 is 0 Å². The minimum Gasteiger partial charge on any atom is -0.481 e. The van der Waals surface area contributed by atoms with E-state index in [9.17, 15) is 14.0 Å². The Morgan fingerprint density at radius 3 is 2.45 bits per heavy atom. The number of amides is 1. The first-order valence-corrected chi connectivity index (χ1v) is 6.19. The van der Waals surface area contributed by atoms with Crippen LogP contribution in [0, 0.1) is 11.2 Å². The number of hydrogen-bond acceptors (Lipinski definition) is 3. The lowest BCUT2D eigenvalue weighted by Crippen LogP contribution is -2.36. The fraction of sp³-hybridized carbons (Fsp3) is 0.429. The highest BCUT2D eigenvalue weighted by atomic mass is 19.1. The van der Waals surface area contributed by atoms with Crippen molar-refractivity contribution in [2.45, 2.75) is 33.2 Å². The van der Waals surface area contributed by atoms with Crippen LogP contribution in [-0.2, 0) is 4.79 Å². The van der Waals surface area contributed by atoms with E-state index in [1.54, 1.807) is 0 Å². The summed E-state index contributed by atoms with van der Waals surface area (Å²) in [5, 5.41) is 11.9. The fourth-order valence-electron chi connectivity index (χ4n) is 1.78. The summed E-state index contributed by atoms with van der Waals surface area (Å²) in [5.41, 5.74) is 5.19. The Morgan fingerprint density at radius 2 is 2.00 bits per heavy atom. The number of primary amides is 1. The van der Waals surface area contributed by atoms with Gasteiger partial charge in [-0.15, -0.1) is 0 Å². The van der Waals surface area contributed by atoms with Gasteiger partial charge in [0.25, 0.3) is 5.91 Å². The summed E-state index contributed by atoms with van der Waals surface area (Å²) < 4.78 is 13.2. The molecule has 1 aromatic carbocycles. The van der Waals surface area contributed by atoms with Crippen molar-refractivity contribution in [1.82, 2.24) is 0 Å². The van der Waals surface area contributed by atoms with Crippen LogP contribution in [0.15, 0.2) is 18.2 Å². The van der Waals surface area contributed by atoms with Crippen LogP contribution in [0.5, 0.6) is 0 Å². The van der Waals surface area contributed by atoms with Crippen LogP contribution >= 0.6 is 0 Å². The molecule has 1 rings (SSSR count). The SMILES string of the molecule is CC(C)(C)C(CC(=O)O)Nc1ccc(F)cc1C(N)=O. The van der Waals surface area contributed by atoms with E-state index in [-0.39, 0.29) is 17.4 Å². The molecule has 110 valence electrons. The van der Waals surface area contributed by atoms with Crippen LogP contribution in [0.3, 0.4) is 0 Å². The Balaban J connectivity index is 3.11. The average Bonchev–Trinajstić information content (AvgIpc) is 2.28. The molecule has 0 aliphatic rings. The third-order valence-corrected chi connectivity index (χ3v) is 3.00. The molecule has 0 fully saturated rings. The zero-order chi connectivity index (χ0) is 15.5. The van der Waals surface area contributed by atoms with Crippen molar-refractivity contribution in [3.63, 3.8) is 0 Å². The Bertz CT molecular complexity index is 524. The molecule has 4 N–H and O–H groups in total. The molecule has 5 nitrogen and oxygen atoms in total. The van der Waals surface area contributed by atoms with Gasteiger partial charge in [-0.2, -0.15) is 0 Å². The van der Waals surface area contributed by atoms with E-state index in [2.05, 4.69) is 5.32 Å². The number of benzene rings is 1. The summed E-state index contributed by atoms with van der Waals surface area (Å²) in [6.45, 7) is 5.63. The fourth-order valence-corrected chi connectivity index (χ4v) is 1.78. The molecule has 1 aromatic rings. The zero-order valence-corrected chi connectivity index (χ0v) is 11.7. The van der Waals surface area contributed by atoms with Gasteiger partial charge in [-0.25, -0.2) is 4.39 Å². The molecule has 0 saturated heterocycles. The number of carboxylic acid groups (broad SMARTS) is 1. The van der Waals surface area contributed by atoms with Crippen LogP contribution in [-0.4, -0.2) is 23.0 Å². The highest BCUT2D eigenvalue weighted by Gasteiger charge is 2.28. The van der Waals surface area contributed by atoms with Crippen molar-refractivity contribution in [3.8, 4) is 0 Å². The summed E-state index contributed by atoms with van der Waals surface area (Å²) in [4.78, 5) is 22.3. The molecule has 1 unspecified atom stereocenters. The van der Waals surface area contributed by atoms with Crippen LogP contribution in [0.4, 0.5) is 10.1 Å². The first-order valence-electron chi connectivity index (χ1n) is 6.19. The Morgan fingerprint density at radius 1 is 1.40 bits per heavy atom. The number of aliphatic carboxylic acids is 1. The molecule has 0 heterocycles. The monoisotopic (exact) mass is 282 g/mol. The predicted octanol–water partition coefficient (Wildman–Crippen LogP) is 2.23. The van der Waals surface area contributed by atoms with Gasteiger partial charge in [-0.05, 0) is 23.6 Å². The zero-order valence-electron chi connectivity index (χ0n) is 11.7. The molecular weight excluding hydrogens is 263 g/mol. The first kappa shape index (κ1) is 15.9. The first-order chi connectivity index (χ1) is 9.11. The van der Waals surface area contributed by atoms with Crippen molar-refractivity contribution >= 4 is 17.6 Å². The second-order valence-corrected chi connectivity index (χ2v) is 5.71. The lowest BCUT2D eigenvalue weighted by molar-refractivity contribution is -0.137. The van der Waals surface area contributed by atoms with Crippen molar-refractivity contribution < 1.29 is 19.1 Å². The number of halogens is 1. The summed E-state index contributed by atoms with van der Waals surface area (Å²) >= 11 is 0. The highest BCUT2D eigenvalue weighted by Crippen LogP contribution is 2.27. The number of anilines is 1. The molecule has 0 aliphatic carbocycles. The predicted molar refractivity (Wildman–Crippen MR) is 74.0 cm³/mol. The van der Waals surface area contributed by atoms with E-state index in [1.807, 2.05) is 20.8 Å². The largest absolute Gasteiger partial charge is 0.481 e. The summed E-state index contributed by atoms with van der Waals surface area (Å²) in [7, 11) is 0. The van der Waals surface area contributed by atoms with Crippen molar-refractivity contribution in [3.05, 3.63) is 29.6 Å². The highest BCUT2D eigenvalue weighted by molar-refractivity contribution is 5.98. The third-order valence-electron chi connectivity index (χ3n) is 3.00. The molecular formula is C14H19FN2O3. The van der Waals surface area contributed by atoms with Crippen LogP contribution in [0.2, 0.25) is 0 Å². The minimum atomic E-state index is -0.958. The maximum absolute atomic E-state index is 13.2. The second-order valence-electron chi connectivity index (χ2n) is 5.71. The van der Waals surface area contributed by atoms with Gasteiger partial charge in [0, 0.05) is 11.7 Å². The van der Waals surface area contributed by atoms with Crippen molar-refractivity contribution in [1.29, 1.82) is 0 Å². The third kappa shape index (κ3) is 4.22. The minimum absolute atomic E-state index is 0.00430. The van der Waals surface area contributed by atoms with E-state index in [0.29, 0.717) is 5.69 Å². The maximum atomic E-state index is 13.2. The Kier molecular flexibility index (Phi) is 4.70. The summed E-state index contributed by atoms with van der Waals surface area (Å²) in [6.07, 6.45) is -0.126. The van der Waals surface area contributed by atoms with Gasteiger partial charge in [0.2, 0.25) is 0 Å². The van der Waals surface area contributed by atoms with Crippen molar-refractivity contribution in [2.24, 2.45) is 11.1 Å². The number of carbonyl (C=O) groups is 2. The molecule has 0 radical (unpaired) electrons. The average molecular weight is 282 g/mol. The van der Waals surface area contributed by atoms with Gasteiger partial charge in [0.05, 0.1) is 12.0 Å². The number of carboxylic acids is 1. The van der Waals surface area contributed by atoms with Gasteiger partial charge in [-0.1, -0.05) is 20.8 Å². The van der Waals surface area contributed by atoms with Crippen molar-refractivity contribution in [2.75, 3.05) is 5.32 Å². The van der Waals surface area contributed by atoms with Gasteiger partial charge in [0.1, 0.15) is 5.82 Å². The van der Waals surface area contributed by atoms with E-state index < -0.39 is 23.7 Å². The van der Waals surface area contributed by atoms with Crippen LogP contribution < -0.4 is 11.1 Å². The molecule has 1 amide bonds. The van der Waals surface area contributed by atoms with Crippen LogP contribution in [0.25, 0.3) is 0 Å². The number of hydrogen-bond donors (Lipinski definition) is 3. The topological polar surface area (TPSA) is 92.4 Å². The quantitative estimate of drug-likeness (QED) is 0.772. The number of nitrogens with one attached hydrogen (secondary N) is 1. The normalized spacial score (nSPS) is 12.8. The second kappa shape index (κ2) is 5.90. The molecule has 0 spiro atoms. The Hall–Kier alpha value is -2.11. The molecule has 0 aliphatic heterocycles. The van der Waals surface area contributed by atoms with Crippen LogP contribution in [0.1, 0.15) is 37.6 Å². The summed E-state index contributed by atoms with van der Waals surface area (Å²) in [5.74, 6) is -2.30. The summed E-state index contributed by atoms with van der Waals surface area (Å²) in [6, 6.07) is 3.18. The van der Waals surface area contributed by atoms with Gasteiger partial charge < -0.3 is 16.2 Å². The van der Waals surface area contributed by atoms with Gasteiger partial charge in [-0.3, -0.25) is 9.59 Å². The Labute approximate surface area is 117 Å². The number of rotatable bonds is 5. The van der Waals surface area contributed by atoms with E-state index in [1.165, 1.54) is 12.1 Å². The molecule has 0 aromatic heterocycles. The number of carbonyl (C=O) groups excluding carboxylic acids is 1. The molecule has 20 heavy (non-hydrogen) atoms. The van der Waals surface area contributed by atoms with Gasteiger partial charge >= 0.3 is 5.97 Å². The van der Waals surface area contributed by atoms with E-state index in [4.69, 9.17) is 10.8 Å². The lowest BCUT2D eigenvalue weighted by atomic mass is 9.84. The number of nitrogens with two attached hydrogens (primary N) is 1. The smallest absolute Gasteiger partial charge is 0.305 e.